The second-order valence-electron chi connectivity index (χ2n) is 11.7. The maximum Gasteiger partial charge on any atom is 0.416 e. The van der Waals surface area contributed by atoms with Gasteiger partial charge in [-0.25, -0.2) is 0 Å². The van der Waals surface area contributed by atoms with Gasteiger partial charge in [-0.2, -0.15) is 26.3 Å². The van der Waals surface area contributed by atoms with E-state index in [0.717, 1.165) is 32.1 Å². The zero-order valence-corrected chi connectivity index (χ0v) is 20.6. The van der Waals surface area contributed by atoms with Crippen molar-refractivity contribution in [3.8, 4) is 0 Å². The largest absolute Gasteiger partial charge is 0.416 e. The molecule has 1 aromatic rings. The summed E-state index contributed by atoms with van der Waals surface area (Å²) < 4.78 is 79.7. The Morgan fingerprint density at radius 2 is 1.57 bits per heavy atom. The first kappa shape index (κ1) is 26.1. The fraction of sp³-hybridized carbons (Fsp3) is 0.630. The molecule has 202 valence electrons. The van der Waals surface area contributed by atoms with Crippen LogP contribution in [0.4, 0.5) is 32.0 Å². The zero-order chi connectivity index (χ0) is 27.0. The Labute approximate surface area is 211 Å². The van der Waals surface area contributed by atoms with Crippen LogP contribution in [0.1, 0.15) is 63.5 Å². The summed E-state index contributed by atoms with van der Waals surface area (Å²) in [5.74, 6) is -0.223. The first-order chi connectivity index (χ1) is 17.1. The molecule has 2 N–H and O–H groups in total. The number of hydrogen-bond donors (Lipinski definition) is 2. The van der Waals surface area contributed by atoms with Gasteiger partial charge in [0.2, 0.25) is 11.8 Å². The Morgan fingerprint density at radius 1 is 0.919 bits per heavy atom. The van der Waals surface area contributed by atoms with Crippen LogP contribution < -0.4 is 10.6 Å². The number of halogens is 6. The average molecular weight is 529 g/mol. The summed E-state index contributed by atoms with van der Waals surface area (Å²) in [5, 5.41) is 5.49. The van der Waals surface area contributed by atoms with Gasteiger partial charge in [-0.05, 0) is 86.0 Å². The zero-order valence-electron chi connectivity index (χ0n) is 20.6. The van der Waals surface area contributed by atoms with Crippen molar-refractivity contribution in [2.24, 2.45) is 34.5 Å². The Balaban J connectivity index is 1.38. The first-order valence-corrected chi connectivity index (χ1v) is 12.7. The normalized spacial score (nSPS) is 37.3. The fourth-order valence-electron chi connectivity index (χ4n) is 8.02. The molecule has 0 aromatic heterocycles. The van der Waals surface area contributed by atoms with Gasteiger partial charge in [-0.3, -0.25) is 9.59 Å². The molecule has 3 saturated carbocycles. The predicted octanol–water partition coefficient (Wildman–Crippen LogP) is 6.58. The molecule has 10 heteroatoms. The van der Waals surface area contributed by atoms with E-state index in [9.17, 15) is 35.9 Å². The van der Waals surface area contributed by atoms with Crippen LogP contribution in [0, 0.1) is 34.5 Å². The van der Waals surface area contributed by atoms with Gasteiger partial charge in [0.05, 0.1) is 11.1 Å². The third-order valence-corrected chi connectivity index (χ3v) is 9.86. The van der Waals surface area contributed by atoms with Crippen LogP contribution in [0.15, 0.2) is 30.4 Å². The molecule has 2 amide bonds. The standard InChI is InChI=1S/C27H30F6N2O2/c1-24-9-7-19-17(3-6-21-25(19,2)10-8-22(36)35-21)18(24)4-5-20(24)23(37)34-16-12-14(26(28,29)30)11-15(13-16)27(31,32)33/h8,10-13,17-21H,3-7,9H2,1-2H3,(H,34,37)(H,35,36)/t17-,18-,19-,20+,21+,24-,25+/m0/s1. The van der Waals surface area contributed by atoms with Crippen molar-refractivity contribution < 1.29 is 35.9 Å². The van der Waals surface area contributed by atoms with Gasteiger partial charge in [0, 0.05) is 23.1 Å². The molecule has 1 aliphatic heterocycles. The van der Waals surface area contributed by atoms with Crippen LogP contribution in [0.3, 0.4) is 0 Å². The highest BCUT2D eigenvalue weighted by atomic mass is 19.4. The number of amides is 2. The van der Waals surface area contributed by atoms with Crippen LogP contribution in [-0.2, 0) is 21.9 Å². The van der Waals surface area contributed by atoms with Crippen LogP contribution in [0.25, 0.3) is 0 Å². The highest BCUT2D eigenvalue weighted by Gasteiger charge is 2.61. The van der Waals surface area contributed by atoms with Gasteiger partial charge in [-0.1, -0.05) is 19.9 Å². The molecule has 0 saturated heterocycles. The molecule has 4 nitrogen and oxygen atoms in total. The highest BCUT2D eigenvalue weighted by Crippen LogP contribution is 2.65. The molecule has 0 unspecified atom stereocenters. The van der Waals surface area contributed by atoms with E-state index in [1.54, 1.807) is 6.08 Å². The molecule has 0 radical (unpaired) electrons. The summed E-state index contributed by atoms with van der Waals surface area (Å²) >= 11 is 0. The quantitative estimate of drug-likeness (QED) is 0.427. The molecule has 0 spiro atoms. The van der Waals surface area contributed by atoms with E-state index in [1.807, 2.05) is 13.0 Å². The van der Waals surface area contributed by atoms with Gasteiger partial charge in [0.1, 0.15) is 0 Å². The van der Waals surface area contributed by atoms with E-state index < -0.39 is 46.4 Å². The van der Waals surface area contributed by atoms with Crippen LogP contribution in [0.5, 0.6) is 0 Å². The number of fused-ring (bicyclic) bond motifs is 5. The Hall–Kier alpha value is -2.52. The van der Waals surface area contributed by atoms with E-state index in [1.165, 1.54) is 0 Å². The van der Waals surface area contributed by atoms with Crippen LogP contribution in [0.2, 0.25) is 0 Å². The third kappa shape index (κ3) is 4.34. The number of nitrogens with one attached hydrogen (secondary N) is 2. The van der Waals surface area contributed by atoms with E-state index >= 15 is 0 Å². The Kier molecular flexibility index (Phi) is 5.99. The maximum absolute atomic E-state index is 13.4. The van der Waals surface area contributed by atoms with E-state index in [0.29, 0.717) is 30.4 Å². The first-order valence-electron chi connectivity index (χ1n) is 12.7. The summed E-state index contributed by atoms with van der Waals surface area (Å²) in [6.45, 7) is 4.23. The monoisotopic (exact) mass is 528 g/mol. The summed E-state index contributed by atoms with van der Waals surface area (Å²) in [4.78, 5) is 25.3. The van der Waals surface area contributed by atoms with Crippen molar-refractivity contribution in [2.45, 2.75) is 70.8 Å². The van der Waals surface area contributed by atoms with E-state index in [2.05, 4.69) is 17.6 Å². The lowest BCUT2D eigenvalue weighted by atomic mass is 9.48. The number of carbonyl (C=O) groups is 2. The highest BCUT2D eigenvalue weighted by molar-refractivity contribution is 5.93. The molecule has 0 bridgehead atoms. The van der Waals surface area contributed by atoms with Gasteiger partial charge in [0.15, 0.2) is 0 Å². The second kappa shape index (κ2) is 8.50. The van der Waals surface area contributed by atoms with Crippen LogP contribution >= 0.6 is 0 Å². The van der Waals surface area contributed by atoms with E-state index in [4.69, 9.17) is 0 Å². The number of rotatable bonds is 2. The van der Waals surface area contributed by atoms with Gasteiger partial charge >= 0.3 is 12.4 Å². The second-order valence-corrected chi connectivity index (χ2v) is 11.7. The minimum absolute atomic E-state index is 0.0584. The maximum atomic E-state index is 13.4. The summed E-state index contributed by atoms with van der Waals surface area (Å²) in [7, 11) is 0. The Morgan fingerprint density at radius 3 is 2.19 bits per heavy atom. The lowest BCUT2D eigenvalue weighted by molar-refractivity contribution is -0.143. The average Bonchev–Trinajstić information content (AvgIpc) is 3.15. The molecule has 3 fully saturated rings. The molecule has 3 aliphatic carbocycles. The number of hydrogen-bond acceptors (Lipinski definition) is 2. The van der Waals surface area contributed by atoms with Gasteiger partial charge in [0.25, 0.3) is 0 Å². The predicted molar refractivity (Wildman–Crippen MR) is 124 cm³/mol. The van der Waals surface area contributed by atoms with Gasteiger partial charge < -0.3 is 10.6 Å². The molecule has 7 atom stereocenters. The summed E-state index contributed by atoms with van der Waals surface area (Å²) in [6.07, 6.45) is -1.69. The number of carbonyl (C=O) groups excluding carboxylic acids is 2. The molecular formula is C27H30F6N2O2. The molecule has 4 aliphatic rings. The summed E-state index contributed by atoms with van der Waals surface area (Å²) in [5.41, 5.74) is -3.98. The van der Waals surface area contributed by atoms with Crippen molar-refractivity contribution in [3.63, 3.8) is 0 Å². The summed E-state index contributed by atoms with van der Waals surface area (Å²) in [6, 6.07) is 1.25. The van der Waals surface area contributed by atoms with Crippen molar-refractivity contribution in [2.75, 3.05) is 5.32 Å². The minimum atomic E-state index is -4.98. The topological polar surface area (TPSA) is 58.2 Å². The van der Waals surface area contributed by atoms with Crippen molar-refractivity contribution in [1.82, 2.24) is 5.32 Å². The molecule has 5 rings (SSSR count). The molecule has 1 aromatic carbocycles. The third-order valence-electron chi connectivity index (χ3n) is 9.86. The molecule has 1 heterocycles. The molecular weight excluding hydrogens is 498 g/mol. The van der Waals surface area contributed by atoms with Gasteiger partial charge in [-0.15, -0.1) is 0 Å². The Bertz CT molecular complexity index is 1110. The van der Waals surface area contributed by atoms with Crippen molar-refractivity contribution in [1.29, 1.82) is 0 Å². The van der Waals surface area contributed by atoms with Crippen molar-refractivity contribution in [3.05, 3.63) is 41.5 Å². The van der Waals surface area contributed by atoms with E-state index in [-0.39, 0.29) is 29.3 Å². The lowest BCUT2D eigenvalue weighted by Gasteiger charge is -2.58. The minimum Gasteiger partial charge on any atom is -0.349 e. The van der Waals surface area contributed by atoms with Crippen molar-refractivity contribution >= 4 is 17.5 Å². The SMILES string of the molecule is C[C@]12C=CC(=O)N[C@@H]1CC[C@@H]1[C@@H]2CC[C@]2(C)[C@@H](C(=O)Nc3cc(C(F)(F)F)cc(C(F)(F)F)c3)CC[C@@H]12. The lowest BCUT2D eigenvalue weighted by Crippen LogP contribution is -2.59. The number of anilines is 1. The fourth-order valence-corrected chi connectivity index (χ4v) is 8.02. The smallest absolute Gasteiger partial charge is 0.349 e. The van der Waals surface area contributed by atoms with Crippen LogP contribution in [-0.4, -0.2) is 17.9 Å². The molecule has 37 heavy (non-hydrogen) atoms. The number of alkyl halides is 6. The number of benzene rings is 1.